The summed E-state index contributed by atoms with van der Waals surface area (Å²) in [6, 6.07) is 3.31. The van der Waals surface area contributed by atoms with Gasteiger partial charge in [-0.15, -0.1) is 0 Å². The van der Waals surface area contributed by atoms with E-state index in [-0.39, 0.29) is 11.9 Å². The molecule has 0 aliphatic rings. The van der Waals surface area contributed by atoms with Gasteiger partial charge in [0.1, 0.15) is 11.6 Å². The molecule has 1 unspecified atom stereocenters. The lowest BCUT2D eigenvalue weighted by molar-refractivity contribution is 0.0940. The van der Waals surface area contributed by atoms with Crippen molar-refractivity contribution in [3.8, 4) is 0 Å². The molecule has 112 valence electrons. The molecule has 0 aliphatic carbocycles. The highest BCUT2D eigenvalue weighted by molar-refractivity contribution is 5.98. The molecule has 0 radical (unpaired) electrons. The first-order valence-electron chi connectivity index (χ1n) is 6.97. The summed E-state index contributed by atoms with van der Waals surface area (Å²) in [7, 11) is 0. The van der Waals surface area contributed by atoms with Crippen molar-refractivity contribution in [1.82, 2.24) is 15.5 Å². The number of rotatable bonds is 5. The summed E-state index contributed by atoms with van der Waals surface area (Å²) >= 11 is 0. The Bertz CT molecular complexity index is 617. The van der Waals surface area contributed by atoms with Gasteiger partial charge in [0.15, 0.2) is 0 Å². The molecule has 21 heavy (non-hydrogen) atoms. The molecule has 0 fully saturated rings. The maximum absolute atomic E-state index is 12.4. The number of pyridine rings is 1. The molecular weight excluding hydrogens is 268 g/mol. The van der Waals surface area contributed by atoms with Gasteiger partial charge in [0.05, 0.1) is 17.3 Å². The van der Waals surface area contributed by atoms with Gasteiger partial charge >= 0.3 is 0 Å². The van der Waals surface area contributed by atoms with E-state index in [1.165, 1.54) is 0 Å². The van der Waals surface area contributed by atoms with Gasteiger partial charge in [-0.2, -0.15) is 0 Å². The van der Waals surface area contributed by atoms with E-state index in [1.807, 2.05) is 27.7 Å². The minimum Gasteiger partial charge on any atom is -0.370 e. The van der Waals surface area contributed by atoms with Gasteiger partial charge in [0, 0.05) is 18.3 Å². The Morgan fingerprint density at radius 3 is 2.81 bits per heavy atom. The van der Waals surface area contributed by atoms with E-state index in [0.717, 1.165) is 17.0 Å². The monoisotopic (exact) mass is 288 g/mol. The van der Waals surface area contributed by atoms with Crippen LogP contribution in [-0.2, 0) is 0 Å². The molecule has 0 aliphatic heterocycles. The number of nitrogens with zero attached hydrogens (tertiary/aromatic N) is 2. The van der Waals surface area contributed by atoms with Crippen molar-refractivity contribution in [2.45, 2.75) is 33.7 Å². The third kappa shape index (κ3) is 3.21. The van der Waals surface area contributed by atoms with Crippen LogP contribution in [0, 0.1) is 13.8 Å². The Labute approximate surface area is 123 Å². The Hall–Kier alpha value is -2.37. The van der Waals surface area contributed by atoms with Gasteiger partial charge < -0.3 is 15.2 Å². The van der Waals surface area contributed by atoms with Crippen molar-refractivity contribution in [3.63, 3.8) is 0 Å². The number of aromatic nitrogens is 2. The molecule has 2 aromatic heterocycles. The molecule has 2 N–H and O–H groups in total. The van der Waals surface area contributed by atoms with Crippen molar-refractivity contribution in [3.05, 3.63) is 40.9 Å². The van der Waals surface area contributed by atoms with E-state index in [2.05, 4.69) is 20.8 Å². The average Bonchev–Trinajstić information content (AvgIpc) is 2.79. The molecule has 2 heterocycles. The number of carbonyl (C=O) groups excluding carboxylic acids is 1. The molecule has 0 saturated carbocycles. The zero-order valence-electron chi connectivity index (χ0n) is 12.7. The smallest absolute Gasteiger partial charge is 0.255 e. The van der Waals surface area contributed by atoms with Crippen LogP contribution in [-0.4, -0.2) is 22.6 Å². The Balaban J connectivity index is 2.18. The number of nitrogens with one attached hydrogen (secondary N) is 2. The van der Waals surface area contributed by atoms with Crippen LogP contribution in [0.4, 0.5) is 5.82 Å². The zero-order chi connectivity index (χ0) is 15.4. The number of carbonyl (C=O) groups is 1. The third-order valence-corrected chi connectivity index (χ3v) is 3.27. The van der Waals surface area contributed by atoms with Crippen molar-refractivity contribution >= 4 is 11.7 Å². The SMILES string of the molecule is CCNc1ncccc1C(=O)NC(C)c1c(C)noc1C. The third-order valence-electron chi connectivity index (χ3n) is 3.27. The van der Waals surface area contributed by atoms with Gasteiger partial charge in [-0.1, -0.05) is 5.16 Å². The summed E-state index contributed by atoms with van der Waals surface area (Å²) < 4.78 is 5.14. The fourth-order valence-corrected chi connectivity index (χ4v) is 2.35. The summed E-state index contributed by atoms with van der Waals surface area (Å²) in [6.07, 6.45) is 1.66. The van der Waals surface area contributed by atoms with E-state index < -0.39 is 0 Å². The number of aryl methyl sites for hydroxylation is 2. The second-order valence-corrected chi connectivity index (χ2v) is 4.86. The fraction of sp³-hybridized carbons (Fsp3) is 0.400. The molecule has 2 rings (SSSR count). The lowest BCUT2D eigenvalue weighted by Crippen LogP contribution is -2.28. The van der Waals surface area contributed by atoms with E-state index >= 15 is 0 Å². The van der Waals surface area contributed by atoms with Crippen LogP contribution in [0.2, 0.25) is 0 Å². The molecule has 2 aromatic rings. The van der Waals surface area contributed by atoms with Crippen LogP contribution in [0.5, 0.6) is 0 Å². The van der Waals surface area contributed by atoms with Crippen molar-refractivity contribution < 1.29 is 9.32 Å². The number of hydrogen-bond donors (Lipinski definition) is 2. The molecule has 1 atom stereocenters. The van der Waals surface area contributed by atoms with Crippen molar-refractivity contribution in [2.75, 3.05) is 11.9 Å². The summed E-state index contributed by atoms with van der Waals surface area (Å²) in [5.74, 6) is 1.13. The number of hydrogen-bond acceptors (Lipinski definition) is 5. The number of anilines is 1. The van der Waals surface area contributed by atoms with Crippen LogP contribution in [0.25, 0.3) is 0 Å². The lowest BCUT2D eigenvalue weighted by atomic mass is 10.1. The zero-order valence-corrected chi connectivity index (χ0v) is 12.7. The van der Waals surface area contributed by atoms with E-state index in [9.17, 15) is 4.79 Å². The highest BCUT2D eigenvalue weighted by Crippen LogP contribution is 2.22. The molecule has 0 aromatic carbocycles. The Kier molecular flexibility index (Phi) is 4.57. The minimum atomic E-state index is -0.182. The quantitative estimate of drug-likeness (QED) is 0.884. The largest absolute Gasteiger partial charge is 0.370 e. The molecule has 6 heteroatoms. The second-order valence-electron chi connectivity index (χ2n) is 4.86. The van der Waals surface area contributed by atoms with Crippen LogP contribution >= 0.6 is 0 Å². The van der Waals surface area contributed by atoms with E-state index in [4.69, 9.17) is 4.52 Å². The van der Waals surface area contributed by atoms with Crippen LogP contribution in [0.1, 0.15) is 47.3 Å². The Morgan fingerprint density at radius 1 is 1.43 bits per heavy atom. The number of amides is 1. The van der Waals surface area contributed by atoms with Crippen LogP contribution in [0.3, 0.4) is 0 Å². The maximum Gasteiger partial charge on any atom is 0.255 e. The van der Waals surface area contributed by atoms with Crippen molar-refractivity contribution in [2.24, 2.45) is 0 Å². The van der Waals surface area contributed by atoms with E-state index in [0.29, 0.717) is 17.9 Å². The van der Waals surface area contributed by atoms with Crippen molar-refractivity contribution in [1.29, 1.82) is 0 Å². The average molecular weight is 288 g/mol. The molecule has 1 amide bonds. The maximum atomic E-state index is 12.4. The first-order valence-corrected chi connectivity index (χ1v) is 6.97. The van der Waals surface area contributed by atoms with E-state index in [1.54, 1.807) is 18.3 Å². The highest BCUT2D eigenvalue weighted by Gasteiger charge is 2.20. The summed E-state index contributed by atoms with van der Waals surface area (Å²) in [5.41, 5.74) is 2.23. The Morgan fingerprint density at radius 2 is 2.19 bits per heavy atom. The molecule has 0 spiro atoms. The second kappa shape index (κ2) is 6.39. The first-order chi connectivity index (χ1) is 10.0. The van der Waals surface area contributed by atoms with Crippen LogP contribution in [0.15, 0.2) is 22.9 Å². The molecular formula is C15H20N4O2. The van der Waals surface area contributed by atoms with Gasteiger partial charge in [0.2, 0.25) is 0 Å². The predicted molar refractivity (Wildman–Crippen MR) is 80.3 cm³/mol. The standard InChI is InChI=1S/C15H20N4O2/c1-5-16-14-12(7-6-8-17-14)15(20)18-9(2)13-10(3)19-21-11(13)4/h6-9H,5H2,1-4H3,(H,16,17)(H,18,20). The normalized spacial score (nSPS) is 12.0. The summed E-state index contributed by atoms with van der Waals surface area (Å²) in [5, 5.41) is 9.96. The van der Waals surface area contributed by atoms with Gasteiger partial charge in [-0.05, 0) is 39.8 Å². The lowest BCUT2D eigenvalue weighted by Gasteiger charge is -2.15. The minimum absolute atomic E-state index is 0.174. The van der Waals surface area contributed by atoms with Gasteiger partial charge in [-0.3, -0.25) is 4.79 Å². The molecule has 0 bridgehead atoms. The van der Waals surface area contributed by atoms with Gasteiger partial charge in [0.25, 0.3) is 5.91 Å². The van der Waals surface area contributed by atoms with Gasteiger partial charge in [-0.25, -0.2) is 4.98 Å². The summed E-state index contributed by atoms with van der Waals surface area (Å²) in [4.78, 5) is 16.6. The summed E-state index contributed by atoms with van der Waals surface area (Å²) in [6.45, 7) is 8.28. The molecule has 0 saturated heterocycles. The highest BCUT2D eigenvalue weighted by atomic mass is 16.5. The van der Waals surface area contributed by atoms with Crippen LogP contribution < -0.4 is 10.6 Å². The topological polar surface area (TPSA) is 80.0 Å². The predicted octanol–water partition coefficient (Wildman–Crippen LogP) is 2.61. The molecule has 6 nitrogen and oxygen atoms in total. The first kappa shape index (κ1) is 15.0. The fourth-order valence-electron chi connectivity index (χ4n) is 2.35.